The van der Waals surface area contributed by atoms with E-state index in [4.69, 9.17) is 10.5 Å². The second-order valence-corrected chi connectivity index (χ2v) is 4.45. The molecule has 0 unspecified atom stereocenters. The van der Waals surface area contributed by atoms with Crippen molar-refractivity contribution in [2.75, 3.05) is 12.8 Å². The Morgan fingerprint density at radius 3 is 2.37 bits per heavy atom. The topological polar surface area (TPSA) is 64.7 Å². The highest BCUT2D eigenvalue weighted by Crippen LogP contribution is 2.27. The van der Waals surface area contributed by atoms with Crippen LogP contribution < -0.4 is 10.5 Å². The highest BCUT2D eigenvalue weighted by atomic mass is 16.5. The lowest BCUT2D eigenvalue weighted by molar-refractivity contribution is -0.112. The van der Waals surface area contributed by atoms with Gasteiger partial charge in [0.2, 0.25) is 0 Å². The van der Waals surface area contributed by atoms with Gasteiger partial charge in [-0.1, -0.05) is 0 Å². The first kappa shape index (κ1) is 13.1. The number of Topliss-reactive ketones (excluding diaryl/α,β-unsaturated/α-hetero) is 1. The minimum atomic E-state index is 0.0637. The lowest BCUT2D eigenvalue weighted by atomic mass is 9.98. The summed E-state index contributed by atoms with van der Waals surface area (Å²) in [6, 6.07) is 5.33. The van der Waals surface area contributed by atoms with Crippen LogP contribution in [-0.2, 0) is 4.79 Å². The zero-order valence-electron chi connectivity index (χ0n) is 11.2. The molecule has 1 aliphatic rings. The van der Waals surface area contributed by atoms with E-state index in [1.165, 1.54) is 0 Å². The number of benzene rings is 1. The summed E-state index contributed by atoms with van der Waals surface area (Å²) in [6.07, 6.45) is 3.55. The fourth-order valence-electron chi connectivity index (χ4n) is 1.91. The van der Waals surface area contributed by atoms with Crippen LogP contribution >= 0.6 is 0 Å². The van der Waals surface area contributed by atoms with Crippen LogP contribution in [0.15, 0.2) is 46.5 Å². The number of ketones is 1. The van der Waals surface area contributed by atoms with E-state index in [9.17, 15) is 4.79 Å². The molecule has 0 atom stereocenters. The van der Waals surface area contributed by atoms with Crippen LogP contribution in [0.25, 0.3) is 0 Å². The summed E-state index contributed by atoms with van der Waals surface area (Å²) in [5.41, 5.74) is 9.21. The van der Waals surface area contributed by atoms with E-state index >= 15 is 0 Å². The molecule has 0 heterocycles. The Hall–Kier alpha value is -2.36. The summed E-state index contributed by atoms with van der Waals surface area (Å²) in [5.74, 6) is 0.656. The van der Waals surface area contributed by atoms with Gasteiger partial charge in [-0.3, -0.25) is 4.79 Å². The predicted molar refractivity (Wildman–Crippen MR) is 77.0 cm³/mol. The van der Waals surface area contributed by atoms with Crippen LogP contribution in [0.2, 0.25) is 0 Å². The minimum absolute atomic E-state index is 0.0637. The van der Waals surface area contributed by atoms with E-state index in [2.05, 4.69) is 4.99 Å². The smallest absolute Gasteiger partial charge is 0.184 e. The molecule has 1 aromatic rings. The molecule has 0 spiro atoms. The molecule has 0 fully saturated rings. The third kappa shape index (κ3) is 2.73. The number of allylic oxidation sites excluding steroid dienone is 4. The van der Waals surface area contributed by atoms with Gasteiger partial charge in [-0.2, -0.15) is 0 Å². The minimum Gasteiger partial charge on any atom is -0.495 e. The SMILES string of the molecule is COc1cc(N=C2C=C(C)C(=O)C(C)=C2)ccc1N. The molecule has 4 heteroatoms. The van der Waals surface area contributed by atoms with Crippen molar-refractivity contribution in [3.8, 4) is 5.75 Å². The molecule has 1 aliphatic carbocycles. The number of nitrogens with two attached hydrogens (primary N) is 1. The molecular formula is C15H16N2O2. The molecule has 0 aliphatic heterocycles. The number of carbonyl (C=O) groups excluding carboxylic acids is 1. The van der Waals surface area contributed by atoms with E-state index in [0.29, 0.717) is 22.6 Å². The monoisotopic (exact) mass is 256 g/mol. The molecule has 0 aromatic heterocycles. The number of hydrogen-bond donors (Lipinski definition) is 1. The number of methoxy groups -OCH3 is 1. The van der Waals surface area contributed by atoms with Crippen LogP contribution in [0, 0.1) is 0 Å². The summed E-state index contributed by atoms with van der Waals surface area (Å²) in [4.78, 5) is 16.1. The largest absolute Gasteiger partial charge is 0.495 e. The van der Waals surface area contributed by atoms with Crippen LogP contribution in [0.4, 0.5) is 11.4 Å². The average Bonchev–Trinajstić information content (AvgIpc) is 2.38. The van der Waals surface area contributed by atoms with Crippen LogP contribution in [0.5, 0.6) is 5.75 Å². The maximum absolute atomic E-state index is 11.6. The summed E-state index contributed by atoms with van der Waals surface area (Å²) >= 11 is 0. The van der Waals surface area contributed by atoms with E-state index in [0.717, 1.165) is 11.4 Å². The highest BCUT2D eigenvalue weighted by molar-refractivity contribution is 6.21. The summed E-state index contributed by atoms with van der Waals surface area (Å²) in [5, 5.41) is 0. The normalized spacial score (nSPS) is 14.9. The van der Waals surface area contributed by atoms with Gasteiger partial charge in [0.1, 0.15) is 5.75 Å². The number of aliphatic imine (C=N–C) groups is 1. The summed E-state index contributed by atoms with van der Waals surface area (Å²) < 4.78 is 5.15. The number of carbonyl (C=O) groups is 1. The number of nitrogen functional groups attached to an aromatic ring is 1. The standard InChI is InChI=1S/C15H16N2O2/c1-9-6-12(7-10(2)15(9)18)17-11-4-5-13(16)14(8-11)19-3/h4-8H,16H2,1-3H3. The fraction of sp³-hybridized carbons (Fsp3) is 0.200. The van der Waals surface area contributed by atoms with Crippen molar-refractivity contribution in [3.05, 3.63) is 41.5 Å². The molecule has 2 rings (SSSR count). The Morgan fingerprint density at radius 1 is 1.16 bits per heavy atom. The molecule has 0 bridgehead atoms. The molecule has 0 saturated heterocycles. The predicted octanol–water partition coefficient (Wildman–Crippen LogP) is 2.83. The Balaban J connectivity index is 2.39. The van der Waals surface area contributed by atoms with Crippen LogP contribution in [-0.4, -0.2) is 18.6 Å². The molecule has 98 valence electrons. The lowest BCUT2D eigenvalue weighted by Crippen LogP contribution is -2.10. The Kier molecular flexibility index (Phi) is 3.51. The van der Waals surface area contributed by atoms with E-state index in [-0.39, 0.29) is 5.78 Å². The number of nitrogens with zero attached hydrogens (tertiary/aromatic N) is 1. The number of ether oxygens (including phenoxy) is 1. The zero-order chi connectivity index (χ0) is 14.0. The van der Waals surface area contributed by atoms with E-state index < -0.39 is 0 Å². The number of anilines is 1. The number of hydrogen-bond acceptors (Lipinski definition) is 4. The first-order valence-corrected chi connectivity index (χ1v) is 5.95. The molecule has 0 radical (unpaired) electrons. The average molecular weight is 256 g/mol. The second-order valence-electron chi connectivity index (χ2n) is 4.45. The Bertz CT molecular complexity index is 601. The highest BCUT2D eigenvalue weighted by Gasteiger charge is 2.13. The quantitative estimate of drug-likeness (QED) is 0.653. The molecule has 0 saturated carbocycles. The summed E-state index contributed by atoms with van der Waals surface area (Å²) in [7, 11) is 1.57. The van der Waals surface area contributed by atoms with Gasteiger partial charge in [0.05, 0.1) is 24.2 Å². The van der Waals surface area contributed by atoms with Crippen molar-refractivity contribution < 1.29 is 9.53 Å². The maximum atomic E-state index is 11.6. The van der Waals surface area contributed by atoms with Crippen LogP contribution in [0.1, 0.15) is 13.8 Å². The van der Waals surface area contributed by atoms with Gasteiger partial charge in [0.15, 0.2) is 5.78 Å². The Morgan fingerprint density at radius 2 is 1.79 bits per heavy atom. The zero-order valence-corrected chi connectivity index (χ0v) is 11.2. The molecule has 19 heavy (non-hydrogen) atoms. The lowest BCUT2D eigenvalue weighted by Gasteiger charge is -2.09. The fourth-order valence-corrected chi connectivity index (χ4v) is 1.91. The van der Waals surface area contributed by atoms with E-state index in [1.807, 2.05) is 6.07 Å². The van der Waals surface area contributed by atoms with Gasteiger partial charge in [-0.05, 0) is 49.3 Å². The van der Waals surface area contributed by atoms with Crippen molar-refractivity contribution in [1.29, 1.82) is 0 Å². The molecule has 2 N–H and O–H groups in total. The van der Waals surface area contributed by atoms with Crippen molar-refractivity contribution in [1.82, 2.24) is 0 Å². The first-order chi connectivity index (χ1) is 9.01. The van der Waals surface area contributed by atoms with Crippen molar-refractivity contribution in [3.63, 3.8) is 0 Å². The van der Waals surface area contributed by atoms with Gasteiger partial charge in [-0.15, -0.1) is 0 Å². The Labute approximate surface area is 112 Å². The first-order valence-electron chi connectivity index (χ1n) is 5.95. The van der Waals surface area contributed by atoms with Gasteiger partial charge in [0, 0.05) is 6.07 Å². The van der Waals surface area contributed by atoms with Crippen molar-refractivity contribution in [2.24, 2.45) is 4.99 Å². The number of rotatable bonds is 2. The molecular weight excluding hydrogens is 240 g/mol. The van der Waals surface area contributed by atoms with Gasteiger partial charge in [0.25, 0.3) is 0 Å². The van der Waals surface area contributed by atoms with Crippen LogP contribution in [0.3, 0.4) is 0 Å². The van der Waals surface area contributed by atoms with Crippen molar-refractivity contribution >= 4 is 22.9 Å². The third-order valence-corrected chi connectivity index (χ3v) is 2.92. The molecule has 4 nitrogen and oxygen atoms in total. The molecule has 1 aromatic carbocycles. The maximum Gasteiger partial charge on any atom is 0.184 e. The van der Waals surface area contributed by atoms with Gasteiger partial charge < -0.3 is 10.5 Å². The van der Waals surface area contributed by atoms with E-state index in [1.54, 1.807) is 45.2 Å². The molecule has 0 amide bonds. The van der Waals surface area contributed by atoms with Gasteiger partial charge >= 0.3 is 0 Å². The third-order valence-electron chi connectivity index (χ3n) is 2.92. The summed E-state index contributed by atoms with van der Waals surface area (Å²) in [6.45, 7) is 3.58. The van der Waals surface area contributed by atoms with Crippen molar-refractivity contribution in [2.45, 2.75) is 13.8 Å². The van der Waals surface area contributed by atoms with Gasteiger partial charge in [-0.25, -0.2) is 4.99 Å². The second kappa shape index (κ2) is 5.10.